The second-order valence-corrected chi connectivity index (χ2v) is 7.37. The molecule has 0 aliphatic carbocycles. The first-order valence-corrected chi connectivity index (χ1v) is 10.4. The summed E-state index contributed by atoms with van der Waals surface area (Å²) in [4.78, 5) is 24.6. The van der Waals surface area contributed by atoms with Gasteiger partial charge in [0.15, 0.2) is 0 Å². The minimum atomic E-state index is -0.462. The highest BCUT2D eigenvalue weighted by Crippen LogP contribution is 2.23. The van der Waals surface area contributed by atoms with Crippen molar-refractivity contribution >= 4 is 17.6 Å². The fourth-order valence-electron chi connectivity index (χ4n) is 3.44. The van der Waals surface area contributed by atoms with E-state index < -0.39 is 5.97 Å². The van der Waals surface area contributed by atoms with Crippen LogP contribution >= 0.6 is 0 Å². The van der Waals surface area contributed by atoms with Crippen molar-refractivity contribution < 1.29 is 14.3 Å². The van der Waals surface area contributed by atoms with Gasteiger partial charge in [-0.05, 0) is 41.0 Å². The fourth-order valence-corrected chi connectivity index (χ4v) is 3.44. The maximum absolute atomic E-state index is 12.4. The van der Waals surface area contributed by atoms with E-state index in [4.69, 9.17) is 10.00 Å². The van der Waals surface area contributed by atoms with E-state index in [1.54, 1.807) is 24.3 Å². The zero-order valence-corrected chi connectivity index (χ0v) is 17.4. The summed E-state index contributed by atoms with van der Waals surface area (Å²) in [7, 11) is 0. The minimum absolute atomic E-state index is 0.0110. The van der Waals surface area contributed by atoms with E-state index in [9.17, 15) is 9.59 Å². The zero-order chi connectivity index (χ0) is 22.3. The van der Waals surface area contributed by atoms with E-state index in [2.05, 4.69) is 11.2 Å². The Balaban J connectivity index is 1.28. The third-order valence-corrected chi connectivity index (χ3v) is 5.17. The smallest absolute Gasteiger partial charge is 0.311 e. The molecule has 1 heterocycles. The standard InChI is InChI=1S/C26H21N3O3/c27-18-19-6-8-20(9-7-19)21-10-12-23(13-11-21)32-26(31)15-14-25(30)29-17-16-24(28-29)22-4-2-1-3-5-22/h1-13H,14-17H2. The number of ether oxygens (including phenoxy) is 1. The van der Waals surface area contributed by atoms with Gasteiger partial charge in [0.1, 0.15) is 5.75 Å². The van der Waals surface area contributed by atoms with Crippen LogP contribution in [-0.4, -0.2) is 29.1 Å². The maximum atomic E-state index is 12.4. The van der Waals surface area contributed by atoms with Crippen molar-refractivity contribution in [1.82, 2.24) is 5.01 Å². The fraction of sp³-hybridized carbons (Fsp3) is 0.154. The number of hydrogen-bond acceptors (Lipinski definition) is 5. The molecule has 0 atom stereocenters. The molecule has 158 valence electrons. The first-order chi connectivity index (χ1) is 15.6. The van der Waals surface area contributed by atoms with Gasteiger partial charge in [-0.3, -0.25) is 9.59 Å². The molecular weight excluding hydrogens is 402 g/mol. The molecule has 3 aromatic carbocycles. The molecule has 0 spiro atoms. The topological polar surface area (TPSA) is 82.8 Å². The van der Waals surface area contributed by atoms with Crippen molar-refractivity contribution in [3.8, 4) is 22.9 Å². The number of esters is 1. The summed E-state index contributed by atoms with van der Waals surface area (Å²) >= 11 is 0. The number of benzene rings is 3. The second kappa shape index (κ2) is 9.71. The van der Waals surface area contributed by atoms with Crippen LogP contribution < -0.4 is 4.74 Å². The van der Waals surface area contributed by atoms with Gasteiger partial charge < -0.3 is 4.74 Å². The number of carbonyl (C=O) groups is 2. The van der Waals surface area contributed by atoms with Gasteiger partial charge in [-0.1, -0.05) is 54.6 Å². The molecule has 0 fully saturated rings. The molecule has 1 amide bonds. The van der Waals surface area contributed by atoms with Gasteiger partial charge in [0, 0.05) is 12.8 Å². The van der Waals surface area contributed by atoms with E-state index in [-0.39, 0.29) is 18.7 Å². The molecule has 0 bridgehead atoms. The predicted octanol–water partition coefficient (Wildman–Crippen LogP) is 4.55. The van der Waals surface area contributed by atoms with Crippen molar-refractivity contribution in [3.63, 3.8) is 0 Å². The Labute approximate surface area is 186 Å². The van der Waals surface area contributed by atoms with Gasteiger partial charge in [-0.15, -0.1) is 0 Å². The molecule has 0 unspecified atom stereocenters. The van der Waals surface area contributed by atoms with Gasteiger partial charge in [0.25, 0.3) is 0 Å². The van der Waals surface area contributed by atoms with E-state index in [0.717, 1.165) is 22.4 Å². The molecule has 6 heteroatoms. The van der Waals surface area contributed by atoms with Crippen molar-refractivity contribution in [3.05, 3.63) is 90.0 Å². The van der Waals surface area contributed by atoms with Crippen LogP contribution in [0.25, 0.3) is 11.1 Å². The summed E-state index contributed by atoms with van der Waals surface area (Å²) in [5, 5.41) is 14.7. The Morgan fingerprint density at radius 3 is 2.19 bits per heavy atom. The average molecular weight is 423 g/mol. The molecule has 0 aromatic heterocycles. The number of rotatable bonds is 6. The molecule has 0 radical (unpaired) electrons. The summed E-state index contributed by atoms with van der Waals surface area (Å²) in [6.45, 7) is 0.523. The molecule has 0 saturated heterocycles. The Morgan fingerprint density at radius 1 is 0.875 bits per heavy atom. The zero-order valence-electron chi connectivity index (χ0n) is 17.4. The van der Waals surface area contributed by atoms with Crippen LogP contribution in [0.3, 0.4) is 0 Å². The normalized spacial score (nSPS) is 12.7. The van der Waals surface area contributed by atoms with Crippen molar-refractivity contribution in [2.24, 2.45) is 5.10 Å². The van der Waals surface area contributed by atoms with Crippen LogP contribution in [0.1, 0.15) is 30.4 Å². The summed E-state index contributed by atoms with van der Waals surface area (Å²) in [6.07, 6.45) is 0.739. The first kappa shape index (κ1) is 21.0. The SMILES string of the molecule is N#Cc1ccc(-c2ccc(OC(=O)CCC(=O)N3CCC(c4ccccc4)=N3)cc2)cc1. The maximum Gasteiger partial charge on any atom is 0.311 e. The molecule has 6 nitrogen and oxygen atoms in total. The lowest BCUT2D eigenvalue weighted by molar-refractivity contribution is -0.138. The molecule has 4 rings (SSSR count). The van der Waals surface area contributed by atoms with E-state index in [1.807, 2.05) is 54.6 Å². The van der Waals surface area contributed by atoms with E-state index in [1.165, 1.54) is 5.01 Å². The lowest BCUT2D eigenvalue weighted by Crippen LogP contribution is -2.24. The van der Waals surface area contributed by atoms with Gasteiger partial charge in [-0.25, -0.2) is 5.01 Å². The summed E-state index contributed by atoms with van der Waals surface area (Å²) in [5.41, 5.74) is 4.40. The highest BCUT2D eigenvalue weighted by molar-refractivity contribution is 6.02. The van der Waals surface area contributed by atoms with E-state index >= 15 is 0 Å². The number of carbonyl (C=O) groups excluding carboxylic acids is 2. The highest BCUT2D eigenvalue weighted by Gasteiger charge is 2.22. The largest absolute Gasteiger partial charge is 0.427 e. The Morgan fingerprint density at radius 2 is 1.53 bits per heavy atom. The van der Waals surface area contributed by atoms with Crippen LogP contribution in [0.15, 0.2) is 84.0 Å². The lowest BCUT2D eigenvalue weighted by Gasteiger charge is -2.11. The number of hydrogen-bond donors (Lipinski definition) is 0. The molecule has 32 heavy (non-hydrogen) atoms. The van der Waals surface area contributed by atoms with Crippen molar-refractivity contribution in [2.75, 3.05) is 6.54 Å². The van der Waals surface area contributed by atoms with Crippen molar-refractivity contribution in [1.29, 1.82) is 5.26 Å². The number of amides is 1. The van der Waals surface area contributed by atoms with Gasteiger partial charge >= 0.3 is 5.97 Å². The predicted molar refractivity (Wildman–Crippen MR) is 121 cm³/mol. The summed E-state index contributed by atoms with van der Waals surface area (Å²) in [5.74, 6) is -0.231. The van der Waals surface area contributed by atoms with Crippen LogP contribution in [0.4, 0.5) is 0 Å². The second-order valence-electron chi connectivity index (χ2n) is 7.37. The average Bonchev–Trinajstić information content (AvgIpc) is 3.34. The van der Waals surface area contributed by atoms with Crippen LogP contribution in [0.2, 0.25) is 0 Å². The van der Waals surface area contributed by atoms with Gasteiger partial charge in [0.2, 0.25) is 5.91 Å². The number of hydrazone groups is 1. The minimum Gasteiger partial charge on any atom is -0.427 e. The lowest BCUT2D eigenvalue weighted by atomic mass is 10.0. The first-order valence-electron chi connectivity index (χ1n) is 10.4. The highest BCUT2D eigenvalue weighted by atomic mass is 16.5. The quantitative estimate of drug-likeness (QED) is 0.430. The van der Waals surface area contributed by atoms with Crippen LogP contribution in [-0.2, 0) is 9.59 Å². The third-order valence-electron chi connectivity index (χ3n) is 5.17. The van der Waals surface area contributed by atoms with E-state index in [0.29, 0.717) is 24.3 Å². The molecular formula is C26H21N3O3. The Hall–Kier alpha value is -4.24. The van der Waals surface area contributed by atoms with Gasteiger partial charge in [-0.2, -0.15) is 10.4 Å². The number of nitriles is 1. The Bertz CT molecular complexity index is 1180. The van der Waals surface area contributed by atoms with Crippen LogP contribution in [0.5, 0.6) is 5.75 Å². The monoisotopic (exact) mass is 423 g/mol. The summed E-state index contributed by atoms with van der Waals surface area (Å²) < 4.78 is 5.36. The van der Waals surface area contributed by atoms with Crippen molar-refractivity contribution in [2.45, 2.75) is 19.3 Å². The summed E-state index contributed by atoms with van der Waals surface area (Å²) in [6, 6.07) is 26.2. The molecule has 0 saturated carbocycles. The Kier molecular flexibility index (Phi) is 6.38. The molecule has 1 aliphatic rings. The van der Waals surface area contributed by atoms with Crippen LogP contribution in [0, 0.1) is 11.3 Å². The molecule has 0 N–H and O–H groups in total. The molecule has 1 aliphatic heterocycles. The number of nitrogens with zero attached hydrogens (tertiary/aromatic N) is 3. The molecule has 3 aromatic rings. The van der Waals surface area contributed by atoms with Gasteiger partial charge in [0.05, 0.1) is 30.3 Å². The third kappa shape index (κ3) is 5.08.